The first-order valence-corrected chi connectivity index (χ1v) is 2.87. The zero-order chi connectivity index (χ0) is 6.41. The van der Waals surface area contributed by atoms with Crippen LogP contribution in [0.25, 0.3) is 0 Å². The average Bonchev–Trinajstić information content (AvgIpc) is 1.83. The van der Waals surface area contributed by atoms with E-state index in [0.717, 1.165) is 6.42 Å². The number of nitrogens with one attached hydrogen (secondary N) is 1. The van der Waals surface area contributed by atoms with Gasteiger partial charge in [0.25, 0.3) is 0 Å². The number of hydrogen-bond acceptors (Lipinski definition) is 1. The second-order valence-electron chi connectivity index (χ2n) is 1.52. The van der Waals surface area contributed by atoms with E-state index in [1.54, 1.807) is 6.20 Å². The normalized spacial score (nSPS) is 11.0. The summed E-state index contributed by atoms with van der Waals surface area (Å²) >= 11 is 0. The van der Waals surface area contributed by atoms with Crippen LogP contribution in [0.2, 0.25) is 0 Å². The van der Waals surface area contributed by atoms with Crippen LogP contribution in [0.15, 0.2) is 24.6 Å². The SMILES string of the molecule is C=CN/C(=C\C)CC.[HH]. The molecule has 0 rings (SSSR count). The molecule has 0 aliphatic carbocycles. The Morgan fingerprint density at radius 3 is 2.62 bits per heavy atom. The Balaban J connectivity index is 0. The molecular formula is C7H15N. The van der Waals surface area contributed by atoms with Gasteiger partial charge in [-0.25, -0.2) is 0 Å². The van der Waals surface area contributed by atoms with Crippen molar-refractivity contribution in [2.45, 2.75) is 20.3 Å². The van der Waals surface area contributed by atoms with Gasteiger partial charge in [-0.1, -0.05) is 19.6 Å². The second kappa shape index (κ2) is 4.44. The zero-order valence-electron chi connectivity index (χ0n) is 5.57. The van der Waals surface area contributed by atoms with E-state index in [0.29, 0.717) is 0 Å². The third-order valence-electron chi connectivity index (χ3n) is 1.02. The van der Waals surface area contributed by atoms with Gasteiger partial charge in [-0.3, -0.25) is 0 Å². The molecule has 1 heteroatoms. The molecule has 0 aliphatic rings. The molecule has 0 spiro atoms. The van der Waals surface area contributed by atoms with Crippen molar-refractivity contribution in [3.63, 3.8) is 0 Å². The van der Waals surface area contributed by atoms with Crippen LogP contribution in [0.1, 0.15) is 21.7 Å². The lowest BCUT2D eigenvalue weighted by Gasteiger charge is -1.99. The maximum Gasteiger partial charge on any atom is 0.00999 e. The maximum atomic E-state index is 3.54. The zero-order valence-corrected chi connectivity index (χ0v) is 5.57. The minimum atomic E-state index is 0. The summed E-state index contributed by atoms with van der Waals surface area (Å²) in [6.07, 6.45) is 4.78. The van der Waals surface area contributed by atoms with Crippen LogP contribution in [0.3, 0.4) is 0 Å². The Kier molecular flexibility index (Phi) is 4.04. The molecule has 0 fully saturated rings. The maximum absolute atomic E-state index is 3.54. The summed E-state index contributed by atoms with van der Waals surface area (Å²) < 4.78 is 0. The predicted octanol–water partition coefficient (Wildman–Crippen LogP) is 2.28. The summed E-state index contributed by atoms with van der Waals surface area (Å²) in [7, 11) is 0. The van der Waals surface area contributed by atoms with Gasteiger partial charge >= 0.3 is 0 Å². The van der Waals surface area contributed by atoms with Crippen LogP contribution in [0.4, 0.5) is 0 Å². The fourth-order valence-corrected chi connectivity index (χ4v) is 0.521. The van der Waals surface area contributed by atoms with Gasteiger partial charge in [-0.15, -0.1) is 0 Å². The van der Waals surface area contributed by atoms with Gasteiger partial charge in [0.05, 0.1) is 0 Å². The van der Waals surface area contributed by atoms with Crippen molar-refractivity contribution in [1.29, 1.82) is 0 Å². The highest BCUT2D eigenvalue weighted by atomic mass is 14.8. The highest BCUT2D eigenvalue weighted by Gasteiger charge is 1.81. The lowest BCUT2D eigenvalue weighted by Crippen LogP contribution is -2.01. The summed E-state index contributed by atoms with van der Waals surface area (Å²) in [5, 5.41) is 3.01. The quantitative estimate of drug-likeness (QED) is 0.592. The van der Waals surface area contributed by atoms with Crippen molar-refractivity contribution < 1.29 is 1.43 Å². The summed E-state index contributed by atoms with van der Waals surface area (Å²) in [5.74, 6) is 0. The number of hydrogen-bond donors (Lipinski definition) is 1. The lowest BCUT2D eigenvalue weighted by atomic mass is 10.3. The molecule has 0 bridgehead atoms. The molecule has 1 nitrogen and oxygen atoms in total. The van der Waals surface area contributed by atoms with E-state index in [9.17, 15) is 0 Å². The summed E-state index contributed by atoms with van der Waals surface area (Å²) in [4.78, 5) is 0. The van der Waals surface area contributed by atoms with E-state index in [1.807, 2.05) is 13.0 Å². The standard InChI is InChI=1S/C7H13N.H2/c1-4-7(5-2)8-6-3;/h4,6,8H,3,5H2,1-2H3;1H/b7-4-;. The molecule has 0 amide bonds. The van der Waals surface area contributed by atoms with Crippen molar-refractivity contribution in [3.8, 4) is 0 Å². The third kappa shape index (κ3) is 2.45. The van der Waals surface area contributed by atoms with Crippen LogP contribution in [0, 0.1) is 0 Å². The van der Waals surface area contributed by atoms with E-state index >= 15 is 0 Å². The molecular weight excluding hydrogens is 98.1 g/mol. The fraction of sp³-hybridized carbons (Fsp3) is 0.429. The molecule has 0 heterocycles. The summed E-state index contributed by atoms with van der Waals surface area (Å²) in [5.41, 5.74) is 1.22. The average molecular weight is 113 g/mol. The highest BCUT2D eigenvalue weighted by Crippen LogP contribution is 1.92. The summed E-state index contributed by atoms with van der Waals surface area (Å²) in [6.45, 7) is 7.66. The van der Waals surface area contributed by atoms with Crippen molar-refractivity contribution in [2.24, 2.45) is 0 Å². The molecule has 0 atom stereocenters. The molecule has 0 aromatic carbocycles. The van der Waals surface area contributed by atoms with Gasteiger partial charge < -0.3 is 5.32 Å². The largest absolute Gasteiger partial charge is 0.366 e. The van der Waals surface area contributed by atoms with Gasteiger partial charge in [0.15, 0.2) is 0 Å². The van der Waals surface area contributed by atoms with E-state index < -0.39 is 0 Å². The monoisotopic (exact) mass is 113 g/mol. The molecule has 0 aliphatic heterocycles. The first-order valence-electron chi connectivity index (χ1n) is 2.87. The predicted molar refractivity (Wildman–Crippen MR) is 39.5 cm³/mol. The fourth-order valence-electron chi connectivity index (χ4n) is 0.521. The minimum absolute atomic E-state index is 0. The van der Waals surface area contributed by atoms with E-state index in [-0.39, 0.29) is 1.43 Å². The first-order chi connectivity index (χ1) is 3.85. The van der Waals surface area contributed by atoms with Crippen LogP contribution in [-0.4, -0.2) is 0 Å². The molecule has 0 aromatic rings. The molecule has 0 aromatic heterocycles. The smallest absolute Gasteiger partial charge is 0.00999 e. The minimum Gasteiger partial charge on any atom is -0.366 e. The Morgan fingerprint density at radius 1 is 1.88 bits per heavy atom. The molecule has 0 saturated heterocycles. The Morgan fingerprint density at radius 2 is 2.50 bits per heavy atom. The Bertz CT molecular complexity index is 97.1. The van der Waals surface area contributed by atoms with Crippen molar-refractivity contribution in [1.82, 2.24) is 5.32 Å². The molecule has 0 saturated carbocycles. The van der Waals surface area contributed by atoms with Crippen molar-refractivity contribution in [2.75, 3.05) is 0 Å². The highest BCUT2D eigenvalue weighted by molar-refractivity contribution is 4.99. The second-order valence-corrected chi connectivity index (χ2v) is 1.52. The molecule has 8 heavy (non-hydrogen) atoms. The van der Waals surface area contributed by atoms with Crippen molar-refractivity contribution >= 4 is 0 Å². The number of allylic oxidation sites excluding steroid dienone is 2. The topological polar surface area (TPSA) is 12.0 Å². The van der Waals surface area contributed by atoms with Gasteiger partial charge in [-0.05, 0) is 19.5 Å². The van der Waals surface area contributed by atoms with Crippen molar-refractivity contribution in [3.05, 3.63) is 24.6 Å². The summed E-state index contributed by atoms with van der Waals surface area (Å²) in [6, 6.07) is 0. The van der Waals surface area contributed by atoms with Crippen LogP contribution < -0.4 is 5.32 Å². The molecule has 1 N–H and O–H groups in total. The first kappa shape index (κ1) is 7.28. The molecule has 48 valence electrons. The van der Waals surface area contributed by atoms with E-state index in [2.05, 4.69) is 18.8 Å². The van der Waals surface area contributed by atoms with E-state index in [4.69, 9.17) is 0 Å². The van der Waals surface area contributed by atoms with Gasteiger partial charge in [0.2, 0.25) is 0 Å². The van der Waals surface area contributed by atoms with Gasteiger partial charge in [0, 0.05) is 7.12 Å². The lowest BCUT2D eigenvalue weighted by molar-refractivity contribution is 0.941. The van der Waals surface area contributed by atoms with Crippen LogP contribution >= 0.6 is 0 Å². The van der Waals surface area contributed by atoms with Gasteiger partial charge in [-0.2, -0.15) is 0 Å². The van der Waals surface area contributed by atoms with E-state index in [1.165, 1.54) is 5.70 Å². The third-order valence-corrected chi connectivity index (χ3v) is 1.02. The molecule has 0 unspecified atom stereocenters. The Hall–Kier alpha value is -0.720. The molecule has 0 radical (unpaired) electrons. The van der Waals surface area contributed by atoms with Crippen LogP contribution in [-0.2, 0) is 0 Å². The number of rotatable bonds is 3. The van der Waals surface area contributed by atoms with Crippen LogP contribution in [0.5, 0.6) is 0 Å². The van der Waals surface area contributed by atoms with Gasteiger partial charge in [0.1, 0.15) is 0 Å². The Labute approximate surface area is 52.6 Å².